The van der Waals surface area contributed by atoms with E-state index in [0.29, 0.717) is 13.0 Å². The molecule has 4 heteroatoms. The largest absolute Gasteiger partial charge is 0.274 e. The van der Waals surface area contributed by atoms with Gasteiger partial charge in [-0.25, -0.2) is 0 Å². The second kappa shape index (κ2) is 4.35. The fourth-order valence-corrected chi connectivity index (χ4v) is 1.95. The number of nitrogens with zero attached hydrogens (tertiary/aromatic N) is 1. The zero-order valence-corrected chi connectivity index (χ0v) is 9.14. The molecule has 0 aliphatic carbocycles. The molecule has 1 aromatic carbocycles. The predicted molar refractivity (Wildman–Crippen MR) is 59.3 cm³/mol. The van der Waals surface area contributed by atoms with E-state index in [2.05, 4.69) is 5.43 Å². The predicted octanol–water partition coefficient (Wildman–Crippen LogP) is 1.05. The molecule has 16 heavy (non-hydrogen) atoms. The van der Waals surface area contributed by atoms with Crippen LogP contribution in [0.1, 0.15) is 24.8 Å². The van der Waals surface area contributed by atoms with Gasteiger partial charge in [-0.1, -0.05) is 30.3 Å². The van der Waals surface area contributed by atoms with Gasteiger partial charge in [-0.15, -0.1) is 0 Å². The van der Waals surface area contributed by atoms with E-state index in [9.17, 15) is 9.59 Å². The van der Waals surface area contributed by atoms with Gasteiger partial charge in [0.2, 0.25) is 11.8 Å². The van der Waals surface area contributed by atoms with Gasteiger partial charge in [0.25, 0.3) is 0 Å². The van der Waals surface area contributed by atoms with Gasteiger partial charge >= 0.3 is 0 Å². The molecule has 0 bridgehead atoms. The second-order valence-corrected chi connectivity index (χ2v) is 3.98. The van der Waals surface area contributed by atoms with Gasteiger partial charge in [-0.3, -0.25) is 20.0 Å². The van der Waals surface area contributed by atoms with E-state index >= 15 is 0 Å². The van der Waals surface area contributed by atoms with Gasteiger partial charge in [0.05, 0.1) is 0 Å². The van der Waals surface area contributed by atoms with Gasteiger partial charge in [-0.2, -0.15) is 0 Å². The summed E-state index contributed by atoms with van der Waals surface area (Å²) in [5.74, 6) is -0.0494. The summed E-state index contributed by atoms with van der Waals surface area (Å²) in [4.78, 5) is 22.5. The van der Waals surface area contributed by atoms with Crippen LogP contribution in [0, 0.1) is 0 Å². The highest BCUT2D eigenvalue weighted by Gasteiger charge is 2.30. The average molecular weight is 218 g/mol. The Morgan fingerprint density at radius 2 is 2.06 bits per heavy atom. The van der Waals surface area contributed by atoms with Crippen LogP contribution in [0.3, 0.4) is 0 Å². The van der Waals surface area contributed by atoms with Crippen molar-refractivity contribution in [3.8, 4) is 0 Å². The molecule has 1 aliphatic rings. The first-order chi connectivity index (χ1) is 7.66. The molecule has 1 aromatic rings. The first-order valence-corrected chi connectivity index (χ1v) is 5.29. The molecule has 1 atom stereocenters. The van der Waals surface area contributed by atoms with Crippen molar-refractivity contribution in [1.29, 1.82) is 0 Å². The van der Waals surface area contributed by atoms with Crippen molar-refractivity contribution in [1.82, 2.24) is 10.4 Å². The smallest absolute Gasteiger partial charge is 0.241 e. The van der Waals surface area contributed by atoms with Gasteiger partial charge < -0.3 is 0 Å². The van der Waals surface area contributed by atoms with E-state index in [1.165, 1.54) is 11.9 Å². The van der Waals surface area contributed by atoms with E-state index < -0.39 is 0 Å². The zero-order chi connectivity index (χ0) is 11.5. The minimum absolute atomic E-state index is 0.0240. The maximum atomic E-state index is 11.6. The maximum absolute atomic E-state index is 11.6. The summed E-state index contributed by atoms with van der Waals surface area (Å²) in [7, 11) is 0. The summed E-state index contributed by atoms with van der Waals surface area (Å²) < 4.78 is 0. The minimum atomic E-state index is -0.206. The van der Waals surface area contributed by atoms with E-state index in [4.69, 9.17) is 0 Å². The van der Waals surface area contributed by atoms with Crippen molar-refractivity contribution in [2.45, 2.75) is 19.3 Å². The molecule has 0 spiro atoms. The van der Waals surface area contributed by atoms with Crippen molar-refractivity contribution in [2.24, 2.45) is 0 Å². The Hall–Kier alpha value is -1.84. The van der Waals surface area contributed by atoms with Crippen LogP contribution in [0.2, 0.25) is 0 Å². The third kappa shape index (κ3) is 2.21. The standard InChI is InChI=1S/C12H14N2O2/c1-9(15)13-14-8-11(7-12(14)16)10-5-3-2-4-6-10/h2-6,11H,7-8H2,1H3,(H,13,15)/t11-/m1/s1. The summed E-state index contributed by atoms with van der Waals surface area (Å²) in [6.45, 7) is 1.96. The third-order valence-corrected chi connectivity index (χ3v) is 2.69. The van der Waals surface area contributed by atoms with Gasteiger partial charge in [0.15, 0.2) is 0 Å². The van der Waals surface area contributed by atoms with Crippen LogP contribution in [0.15, 0.2) is 30.3 Å². The topological polar surface area (TPSA) is 49.4 Å². The fraction of sp³-hybridized carbons (Fsp3) is 0.333. The molecule has 1 aliphatic heterocycles. The van der Waals surface area contributed by atoms with Crippen molar-refractivity contribution in [3.05, 3.63) is 35.9 Å². The van der Waals surface area contributed by atoms with E-state index in [-0.39, 0.29) is 17.7 Å². The number of amides is 2. The third-order valence-electron chi connectivity index (χ3n) is 2.69. The Bertz CT molecular complexity index is 403. The molecule has 1 N–H and O–H groups in total. The SMILES string of the molecule is CC(=O)NN1C[C@H](c2ccccc2)CC1=O. The lowest BCUT2D eigenvalue weighted by atomic mass is 9.99. The van der Waals surface area contributed by atoms with Crippen molar-refractivity contribution < 1.29 is 9.59 Å². The quantitative estimate of drug-likeness (QED) is 0.806. The molecule has 0 radical (unpaired) electrons. The van der Waals surface area contributed by atoms with Crippen LogP contribution >= 0.6 is 0 Å². The molecule has 2 amide bonds. The Kier molecular flexibility index (Phi) is 2.90. The molecular formula is C12H14N2O2. The summed E-state index contributed by atoms with van der Waals surface area (Å²) in [5, 5.41) is 1.40. The summed E-state index contributed by atoms with van der Waals surface area (Å²) in [6, 6.07) is 9.89. The number of benzene rings is 1. The summed E-state index contributed by atoms with van der Waals surface area (Å²) >= 11 is 0. The molecule has 84 valence electrons. The number of hydrogen-bond donors (Lipinski definition) is 1. The molecule has 0 saturated carbocycles. The maximum Gasteiger partial charge on any atom is 0.241 e. The lowest BCUT2D eigenvalue weighted by molar-refractivity contribution is -0.137. The number of carbonyl (C=O) groups excluding carboxylic acids is 2. The van der Waals surface area contributed by atoms with Crippen LogP contribution in [0.5, 0.6) is 0 Å². The first-order valence-electron chi connectivity index (χ1n) is 5.29. The fourth-order valence-electron chi connectivity index (χ4n) is 1.95. The van der Waals surface area contributed by atoms with Crippen molar-refractivity contribution in [3.63, 3.8) is 0 Å². The Morgan fingerprint density at radius 1 is 1.38 bits per heavy atom. The molecule has 1 heterocycles. The number of rotatable bonds is 2. The zero-order valence-electron chi connectivity index (χ0n) is 9.14. The summed E-state index contributed by atoms with van der Waals surface area (Å²) in [5.41, 5.74) is 3.68. The van der Waals surface area contributed by atoms with Crippen LogP contribution < -0.4 is 5.43 Å². The van der Waals surface area contributed by atoms with Crippen molar-refractivity contribution >= 4 is 11.8 Å². The van der Waals surface area contributed by atoms with Crippen LogP contribution in [-0.2, 0) is 9.59 Å². The number of hydrogen-bond acceptors (Lipinski definition) is 2. The Balaban J connectivity index is 2.07. The highest BCUT2D eigenvalue weighted by molar-refractivity contribution is 5.83. The number of nitrogens with one attached hydrogen (secondary N) is 1. The van der Waals surface area contributed by atoms with Gasteiger partial charge in [0, 0.05) is 25.8 Å². The van der Waals surface area contributed by atoms with E-state index in [1.54, 1.807) is 0 Å². The Labute approximate surface area is 94.2 Å². The lowest BCUT2D eigenvalue weighted by Crippen LogP contribution is -2.41. The highest BCUT2D eigenvalue weighted by atomic mass is 16.2. The summed E-state index contributed by atoms with van der Waals surface area (Å²) in [6.07, 6.45) is 0.463. The van der Waals surface area contributed by atoms with Crippen LogP contribution in [0.4, 0.5) is 0 Å². The van der Waals surface area contributed by atoms with Gasteiger partial charge in [0.1, 0.15) is 0 Å². The van der Waals surface area contributed by atoms with E-state index in [1.807, 2.05) is 30.3 Å². The van der Waals surface area contributed by atoms with E-state index in [0.717, 1.165) is 5.56 Å². The monoisotopic (exact) mass is 218 g/mol. The molecule has 0 unspecified atom stereocenters. The Morgan fingerprint density at radius 3 is 2.69 bits per heavy atom. The normalized spacial score (nSPS) is 19.9. The van der Waals surface area contributed by atoms with Crippen LogP contribution in [-0.4, -0.2) is 23.4 Å². The number of carbonyl (C=O) groups is 2. The van der Waals surface area contributed by atoms with Gasteiger partial charge in [-0.05, 0) is 5.56 Å². The minimum Gasteiger partial charge on any atom is -0.274 e. The molecule has 1 fully saturated rings. The molecule has 1 saturated heterocycles. The molecule has 2 rings (SSSR count). The first kappa shape index (κ1) is 10.7. The van der Waals surface area contributed by atoms with Crippen LogP contribution in [0.25, 0.3) is 0 Å². The average Bonchev–Trinajstić information content (AvgIpc) is 2.61. The lowest BCUT2D eigenvalue weighted by Gasteiger charge is -2.16. The molecule has 0 aromatic heterocycles. The molecular weight excluding hydrogens is 204 g/mol. The highest BCUT2D eigenvalue weighted by Crippen LogP contribution is 2.26. The second-order valence-electron chi connectivity index (χ2n) is 3.98. The van der Waals surface area contributed by atoms with Crippen molar-refractivity contribution in [2.75, 3.05) is 6.54 Å². The number of hydrazine groups is 1. The molecule has 4 nitrogen and oxygen atoms in total.